The van der Waals surface area contributed by atoms with Crippen molar-refractivity contribution < 1.29 is 0 Å². The molecule has 0 aromatic carbocycles. The molecule has 1 unspecified atom stereocenters. The third-order valence-electron chi connectivity index (χ3n) is 2.29. The molecule has 66 valence electrons. The summed E-state index contributed by atoms with van der Waals surface area (Å²) in [6.07, 6.45) is 4.79. The highest BCUT2D eigenvalue weighted by molar-refractivity contribution is 7.09. The fourth-order valence-corrected chi connectivity index (χ4v) is 1.86. The summed E-state index contributed by atoms with van der Waals surface area (Å²) in [7, 11) is 0. The van der Waals surface area contributed by atoms with Gasteiger partial charge in [-0.3, -0.25) is 4.98 Å². The molecule has 0 saturated heterocycles. The number of nitrogens with zero attached hydrogens (tertiary/aromatic N) is 1. The molecule has 1 saturated carbocycles. The van der Waals surface area contributed by atoms with Crippen molar-refractivity contribution in [2.75, 3.05) is 6.54 Å². The van der Waals surface area contributed by atoms with Crippen LogP contribution in [0.4, 0.5) is 0 Å². The van der Waals surface area contributed by atoms with Crippen LogP contribution >= 0.6 is 11.3 Å². The van der Waals surface area contributed by atoms with Gasteiger partial charge >= 0.3 is 0 Å². The summed E-state index contributed by atoms with van der Waals surface area (Å²) < 4.78 is 0. The van der Waals surface area contributed by atoms with E-state index in [1.165, 1.54) is 24.3 Å². The maximum atomic E-state index is 4.06. The van der Waals surface area contributed by atoms with E-state index in [1.807, 2.05) is 11.7 Å². The van der Waals surface area contributed by atoms with Crippen molar-refractivity contribution in [3.8, 4) is 0 Å². The first-order valence-electron chi connectivity index (χ1n) is 4.48. The van der Waals surface area contributed by atoms with Crippen LogP contribution in [-0.4, -0.2) is 11.5 Å². The van der Waals surface area contributed by atoms with Crippen LogP contribution in [0, 0.1) is 5.92 Å². The Bertz CT molecular complexity index is 229. The van der Waals surface area contributed by atoms with Crippen LogP contribution in [0.25, 0.3) is 0 Å². The maximum Gasteiger partial charge on any atom is 0.0794 e. The van der Waals surface area contributed by atoms with Gasteiger partial charge in [0.1, 0.15) is 0 Å². The smallest absolute Gasteiger partial charge is 0.0794 e. The van der Waals surface area contributed by atoms with Crippen molar-refractivity contribution in [2.24, 2.45) is 5.92 Å². The molecule has 12 heavy (non-hydrogen) atoms. The highest BCUT2D eigenvalue weighted by Crippen LogP contribution is 2.28. The van der Waals surface area contributed by atoms with E-state index in [9.17, 15) is 0 Å². The lowest BCUT2D eigenvalue weighted by Gasteiger charge is -2.10. The Balaban J connectivity index is 1.79. The fourth-order valence-electron chi connectivity index (χ4n) is 1.21. The fraction of sp³-hybridized carbons (Fsp3) is 0.667. The monoisotopic (exact) mass is 182 g/mol. The molecule has 1 aliphatic carbocycles. The van der Waals surface area contributed by atoms with Crippen molar-refractivity contribution in [1.29, 1.82) is 0 Å². The summed E-state index contributed by atoms with van der Waals surface area (Å²) in [5.74, 6) is 0.959. The van der Waals surface area contributed by atoms with E-state index in [0.29, 0.717) is 6.04 Å². The van der Waals surface area contributed by atoms with Gasteiger partial charge in [-0.25, -0.2) is 0 Å². The Hall–Kier alpha value is -0.410. The molecule has 0 radical (unpaired) electrons. The Kier molecular flexibility index (Phi) is 2.42. The molecule has 1 atom stereocenters. The number of thiazole rings is 1. The van der Waals surface area contributed by atoms with Gasteiger partial charge in [0.25, 0.3) is 0 Å². The molecule has 1 aliphatic rings. The Labute approximate surface area is 77.0 Å². The van der Waals surface area contributed by atoms with Crippen LogP contribution < -0.4 is 5.32 Å². The van der Waals surface area contributed by atoms with E-state index in [2.05, 4.69) is 17.2 Å². The average molecular weight is 182 g/mol. The molecule has 1 fully saturated rings. The van der Waals surface area contributed by atoms with Crippen LogP contribution in [0.1, 0.15) is 30.7 Å². The minimum absolute atomic E-state index is 0.484. The third-order valence-corrected chi connectivity index (χ3v) is 3.25. The van der Waals surface area contributed by atoms with Gasteiger partial charge in [0.2, 0.25) is 0 Å². The van der Waals surface area contributed by atoms with Crippen LogP contribution in [0.15, 0.2) is 11.7 Å². The molecule has 1 aromatic heterocycles. The van der Waals surface area contributed by atoms with Crippen molar-refractivity contribution in [3.05, 3.63) is 16.6 Å². The molecule has 2 rings (SSSR count). The summed E-state index contributed by atoms with van der Waals surface area (Å²) in [5, 5.41) is 3.52. The van der Waals surface area contributed by atoms with E-state index in [4.69, 9.17) is 0 Å². The molecule has 0 bridgehead atoms. The lowest BCUT2D eigenvalue weighted by molar-refractivity contribution is 0.554. The van der Waals surface area contributed by atoms with Crippen LogP contribution in [-0.2, 0) is 0 Å². The van der Waals surface area contributed by atoms with Crippen LogP contribution in [0.3, 0.4) is 0 Å². The van der Waals surface area contributed by atoms with E-state index in [0.717, 1.165) is 5.92 Å². The largest absolute Gasteiger partial charge is 0.309 e. The van der Waals surface area contributed by atoms with Gasteiger partial charge in [0.05, 0.1) is 5.51 Å². The second-order valence-electron chi connectivity index (χ2n) is 3.48. The second kappa shape index (κ2) is 3.54. The van der Waals surface area contributed by atoms with Crippen molar-refractivity contribution >= 4 is 11.3 Å². The first kappa shape index (κ1) is 8.20. The van der Waals surface area contributed by atoms with Gasteiger partial charge in [-0.15, -0.1) is 11.3 Å². The van der Waals surface area contributed by atoms with Crippen molar-refractivity contribution in [3.63, 3.8) is 0 Å². The zero-order valence-corrected chi connectivity index (χ0v) is 8.10. The molecule has 2 nitrogen and oxygen atoms in total. The minimum Gasteiger partial charge on any atom is -0.309 e. The number of hydrogen-bond donors (Lipinski definition) is 1. The molecule has 0 spiro atoms. The van der Waals surface area contributed by atoms with E-state index in [1.54, 1.807) is 11.3 Å². The molecule has 0 amide bonds. The Morgan fingerprint density at radius 1 is 1.75 bits per heavy atom. The number of rotatable bonds is 4. The van der Waals surface area contributed by atoms with Gasteiger partial charge in [0, 0.05) is 17.1 Å². The predicted octanol–water partition coefficient (Wildman–Crippen LogP) is 2.20. The first-order valence-corrected chi connectivity index (χ1v) is 5.36. The lowest BCUT2D eigenvalue weighted by atomic mass is 10.3. The summed E-state index contributed by atoms with van der Waals surface area (Å²) >= 11 is 1.73. The Morgan fingerprint density at radius 2 is 2.58 bits per heavy atom. The molecule has 0 aliphatic heterocycles. The van der Waals surface area contributed by atoms with E-state index < -0.39 is 0 Å². The lowest BCUT2D eigenvalue weighted by Crippen LogP contribution is -2.20. The number of hydrogen-bond acceptors (Lipinski definition) is 3. The second-order valence-corrected chi connectivity index (χ2v) is 4.40. The third kappa shape index (κ3) is 2.05. The SMILES string of the molecule is CC(NCC1CC1)c1cncs1. The van der Waals surface area contributed by atoms with Gasteiger partial charge in [-0.1, -0.05) is 0 Å². The number of nitrogens with one attached hydrogen (secondary N) is 1. The van der Waals surface area contributed by atoms with Gasteiger partial charge in [0.15, 0.2) is 0 Å². The van der Waals surface area contributed by atoms with Crippen molar-refractivity contribution in [1.82, 2.24) is 10.3 Å². The number of aromatic nitrogens is 1. The minimum atomic E-state index is 0.484. The standard InChI is InChI=1S/C9H14N2S/c1-7(9-5-10-6-12-9)11-4-8-2-3-8/h5-8,11H,2-4H2,1H3. The summed E-state index contributed by atoms with van der Waals surface area (Å²) in [4.78, 5) is 5.41. The van der Waals surface area contributed by atoms with Gasteiger partial charge in [-0.05, 0) is 32.2 Å². The molecular weight excluding hydrogens is 168 g/mol. The predicted molar refractivity (Wildman–Crippen MR) is 51.3 cm³/mol. The highest BCUT2D eigenvalue weighted by atomic mass is 32.1. The zero-order valence-electron chi connectivity index (χ0n) is 7.29. The van der Waals surface area contributed by atoms with E-state index in [-0.39, 0.29) is 0 Å². The summed E-state index contributed by atoms with van der Waals surface area (Å²) in [5.41, 5.74) is 1.89. The van der Waals surface area contributed by atoms with Crippen LogP contribution in [0.5, 0.6) is 0 Å². The zero-order chi connectivity index (χ0) is 8.39. The molecular formula is C9H14N2S. The molecule has 1 heterocycles. The van der Waals surface area contributed by atoms with Gasteiger partial charge in [-0.2, -0.15) is 0 Å². The Morgan fingerprint density at radius 3 is 3.17 bits per heavy atom. The molecule has 1 N–H and O–H groups in total. The van der Waals surface area contributed by atoms with Crippen LogP contribution in [0.2, 0.25) is 0 Å². The molecule has 1 aromatic rings. The first-order chi connectivity index (χ1) is 5.86. The topological polar surface area (TPSA) is 24.9 Å². The van der Waals surface area contributed by atoms with Crippen molar-refractivity contribution in [2.45, 2.75) is 25.8 Å². The van der Waals surface area contributed by atoms with Gasteiger partial charge < -0.3 is 5.32 Å². The molecule has 3 heteroatoms. The summed E-state index contributed by atoms with van der Waals surface area (Å²) in [6, 6.07) is 0.484. The normalized spacial score (nSPS) is 19.4. The maximum absolute atomic E-state index is 4.06. The quantitative estimate of drug-likeness (QED) is 0.772. The summed E-state index contributed by atoms with van der Waals surface area (Å²) in [6.45, 7) is 3.38. The average Bonchev–Trinajstić information content (AvgIpc) is 2.74. The van der Waals surface area contributed by atoms with E-state index >= 15 is 0 Å². The highest BCUT2D eigenvalue weighted by Gasteiger charge is 2.21.